The Morgan fingerprint density at radius 3 is 0.841 bits per heavy atom. The molecule has 4 atom stereocenters. The summed E-state index contributed by atoms with van der Waals surface area (Å²) in [5, 5.41) is 23.6. The summed E-state index contributed by atoms with van der Waals surface area (Å²) in [7, 11) is 0. The normalized spacial score (nSPS) is 14.7. The monoisotopic (exact) mass is 592 g/mol. The Bertz CT molecular complexity index is 1130. The Morgan fingerprint density at radius 2 is 0.636 bits per heavy atom. The zero-order valence-electron chi connectivity index (χ0n) is 27.0. The molecule has 0 amide bonds. The van der Waals surface area contributed by atoms with Crippen LogP contribution >= 0.6 is 0 Å². The maximum absolute atomic E-state index is 11.8. The molecule has 0 saturated carbocycles. The van der Waals surface area contributed by atoms with Crippen molar-refractivity contribution in [3.8, 4) is 0 Å². The second-order valence-electron chi connectivity index (χ2n) is 12.9. The van der Waals surface area contributed by atoms with Gasteiger partial charge in [0.1, 0.15) is 0 Å². The summed E-state index contributed by atoms with van der Waals surface area (Å²) < 4.78 is 0. The van der Waals surface area contributed by atoms with Crippen molar-refractivity contribution in [2.75, 3.05) is 0 Å². The van der Waals surface area contributed by atoms with Crippen molar-refractivity contribution in [3.63, 3.8) is 0 Å². The quantitative estimate of drug-likeness (QED) is 0.131. The molecule has 234 valence electrons. The Balaban J connectivity index is 1.52. The summed E-state index contributed by atoms with van der Waals surface area (Å²) in [5.41, 5.74) is 4.94. The molecule has 0 aliphatic heterocycles. The van der Waals surface area contributed by atoms with E-state index >= 15 is 0 Å². The van der Waals surface area contributed by atoms with Gasteiger partial charge in [0.15, 0.2) is 0 Å². The van der Waals surface area contributed by atoms with Crippen molar-refractivity contribution in [3.05, 3.63) is 144 Å². The molecular formula is C40H52N2O2. The van der Waals surface area contributed by atoms with Gasteiger partial charge in [0.2, 0.25) is 0 Å². The van der Waals surface area contributed by atoms with Crippen molar-refractivity contribution in [1.29, 1.82) is 0 Å². The van der Waals surface area contributed by atoms with Crippen molar-refractivity contribution < 1.29 is 10.2 Å². The summed E-state index contributed by atoms with van der Waals surface area (Å²) in [6.45, 7) is 11.8. The molecule has 0 saturated heterocycles. The number of nitrogens with zero attached hydrogens (tertiary/aromatic N) is 2. The topological polar surface area (TPSA) is 46.9 Å². The molecule has 4 nitrogen and oxygen atoms in total. The molecule has 4 aromatic rings. The molecular weight excluding hydrogens is 540 g/mol. The highest BCUT2D eigenvalue weighted by Crippen LogP contribution is 2.27. The summed E-state index contributed by atoms with van der Waals surface area (Å²) >= 11 is 0. The van der Waals surface area contributed by atoms with Crippen LogP contribution in [0.4, 0.5) is 0 Å². The number of aliphatic hydroxyl groups is 2. The molecule has 0 fully saturated rings. The molecule has 0 bridgehead atoms. The third kappa shape index (κ3) is 10.1. The van der Waals surface area contributed by atoms with E-state index in [2.05, 4.69) is 135 Å². The van der Waals surface area contributed by atoms with E-state index in [0.29, 0.717) is 12.8 Å². The van der Waals surface area contributed by atoms with Gasteiger partial charge in [-0.1, -0.05) is 149 Å². The fourth-order valence-electron chi connectivity index (χ4n) is 6.71. The van der Waals surface area contributed by atoms with Crippen LogP contribution in [0.15, 0.2) is 121 Å². The lowest BCUT2D eigenvalue weighted by Gasteiger charge is -2.40. The molecule has 0 aliphatic carbocycles. The van der Waals surface area contributed by atoms with Crippen LogP contribution in [-0.4, -0.2) is 44.3 Å². The summed E-state index contributed by atoms with van der Waals surface area (Å²) in [6.07, 6.45) is -0.0569. The van der Waals surface area contributed by atoms with Crippen LogP contribution in [0.1, 0.15) is 62.8 Å². The number of benzene rings is 4. The average Bonchev–Trinajstić information content (AvgIpc) is 3.02. The molecule has 0 aromatic heterocycles. The minimum Gasteiger partial charge on any atom is -0.391 e. The molecule has 4 heteroatoms. The van der Waals surface area contributed by atoms with E-state index in [1.54, 1.807) is 0 Å². The molecule has 0 unspecified atom stereocenters. The highest BCUT2D eigenvalue weighted by atomic mass is 16.3. The van der Waals surface area contributed by atoms with E-state index in [0.717, 1.165) is 26.2 Å². The van der Waals surface area contributed by atoms with Crippen molar-refractivity contribution in [2.24, 2.45) is 11.8 Å². The van der Waals surface area contributed by atoms with Gasteiger partial charge in [0.05, 0.1) is 12.2 Å². The zero-order valence-corrected chi connectivity index (χ0v) is 27.0. The summed E-state index contributed by atoms with van der Waals surface area (Å²) in [6, 6.07) is 42.0. The molecule has 44 heavy (non-hydrogen) atoms. The average molecular weight is 593 g/mol. The number of rotatable bonds is 17. The summed E-state index contributed by atoms with van der Waals surface area (Å²) in [5.74, 6) is 0.478. The Hall–Kier alpha value is -3.28. The number of aliphatic hydroxyl groups excluding tert-OH is 2. The van der Waals surface area contributed by atoms with Crippen molar-refractivity contribution in [2.45, 2.75) is 91.0 Å². The van der Waals surface area contributed by atoms with Crippen LogP contribution in [0.3, 0.4) is 0 Å². The first-order chi connectivity index (χ1) is 21.3. The Kier molecular flexibility index (Phi) is 13.2. The SMILES string of the molecule is CC(C)[C@H]([C@@H](O)CC[C@@H](O)[C@H](C(C)C)N(Cc1ccccc1)Cc1ccccc1)N(Cc1ccccc1)Cc1ccccc1. The lowest BCUT2D eigenvalue weighted by atomic mass is 9.88. The van der Waals surface area contributed by atoms with Gasteiger partial charge >= 0.3 is 0 Å². The first-order valence-electron chi connectivity index (χ1n) is 16.3. The molecule has 4 rings (SSSR count). The van der Waals surface area contributed by atoms with Crippen LogP contribution in [0.2, 0.25) is 0 Å². The van der Waals surface area contributed by atoms with E-state index in [9.17, 15) is 10.2 Å². The fraction of sp³-hybridized carbons (Fsp3) is 0.400. The van der Waals surface area contributed by atoms with Crippen LogP contribution < -0.4 is 0 Å². The van der Waals surface area contributed by atoms with Gasteiger partial charge in [0, 0.05) is 38.3 Å². The molecule has 0 spiro atoms. The fourth-order valence-corrected chi connectivity index (χ4v) is 6.71. The maximum Gasteiger partial charge on any atom is 0.0699 e. The smallest absolute Gasteiger partial charge is 0.0699 e. The lowest BCUT2D eigenvalue weighted by Crippen LogP contribution is -2.48. The van der Waals surface area contributed by atoms with E-state index in [1.807, 2.05) is 24.3 Å². The van der Waals surface area contributed by atoms with Crippen LogP contribution in [0, 0.1) is 11.8 Å². The van der Waals surface area contributed by atoms with Gasteiger partial charge in [-0.05, 0) is 46.9 Å². The Morgan fingerprint density at radius 1 is 0.409 bits per heavy atom. The minimum absolute atomic E-state index is 0.0511. The minimum atomic E-state index is -0.568. The molecule has 4 aromatic carbocycles. The van der Waals surface area contributed by atoms with E-state index in [-0.39, 0.29) is 23.9 Å². The summed E-state index contributed by atoms with van der Waals surface area (Å²) in [4.78, 5) is 4.84. The molecule has 2 N–H and O–H groups in total. The standard InChI is InChI=1S/C40H52N2O2/c1-31(2)39(41(27-33-17-9-5-10-18-33)28-34-19-11-6-12-20-34)37(43)25-26-38(44)40(32(3)4)42(29-35-21-13-7-14-22-35)30-36-23-15-8-16-24-36/h5-24,31-32,37-40,43-44H,25-30H2,1-4H3/t37-,38+,39+,40-. The van der Waals surface area contributed by atoms with Crippen LogP contribution in [0.25, 0.3) is 0 Å². The van der Waals surface area contributed by atoms with E-state index < -0.39 is 12.2 Å². The van der Waals surface area contributed by atoms with Crippen molar-refractivity contribution >= 4 is 0 Å². The van der Waals surface area contributed by atoms with Gasteiger partial charge < -0.3 is 10.2 Å². The highest BCUT2D eigenvalue weighted by molar-refractivity contribution is 5.19. The Labute approximate surface area is 266 Å². The number of hydrogen-bond donors (Lipinski definition) is 2. The second-order valence-corrected chi connectivity index (χ2v) is 12.9. The highest BCUT2D eigenvalue weighted by Gasteiger charge is 2.33. The van der Waals surface area contributed by atoms with Gasteiger partial charge in [-0.3, -0.25) is 9.80 Å². The number of hydrogen-bond acceptors (Lipinski definition) is 4. The third-order valence-electron chi connectivity index (χ3n) is 8.67. The molecule has 0 heterocycles. The third-order valence-corrected chi connectivity index (χ3v) is 8.67. The lowest BCUT2D eigenvalue weighted by molar-refractivity contribution is -0.0205. The van der Waals surface area contributed by atoms with Crippen molar-refractivity contribution in [1.82, 2.24) is 9.80 Å². The second kappa shape index (κ2) is 17.3. The van der Waals surface area contributed by atoms with Gasteiger partial charge in [-0.2, -0.15) is 0 Å². The zero-order chi connectivity index (χ0) is 31.3. The van der Waals surface area contributed by atoms with Gasteiger partial charge in [-0.15, -0.1) is 0 Å². The van der Waals surface area contributed by atoms with E-state index in [4.69, 9.17) is 0 Å². The largest absolute Gasteiger partial charge is 0.391 e. The molecule has 0 radical (unpaired) electrons. The first-order valence-corrected chi connectivity index (χ1v) is 16.3. The maximum atomic E-state index is 11.8. The van der Waals surface area contributed by atoms with Crippen LogP contribution in [-0.2, 0) is 26.2 Å². The van der Waals surface area contributed by atoms with Gasteiger partial charge in [-0.25, -0.2) is 0 Å². The predicted octanol–water partition coefficient (Wildman–Crippen LogP) is 7.94. The van der Waals surface area contributed by atoms with Crippen LogP contribution in [0.5, 0.6) is 0 Å². The van der Waals surface area contributed by atoms with Gasteiger partial charge in [0.25, 0.3) is 0 Å². The first kappa shape index (κ1) is 33.6. The molecule has 0 aliphatic rings. The van der Waals surface area contributed by atoms with E-state index in [1.165, 1.54) is 22.3 Å². The predicted molar refractivity (Wildman–Crippen MR) is 183 cm³/mol.